The van der Waals surface area contributed by atoms with Gasteiger partial charge in [0.1, 0.15) is 6.17 Å². The normalized spacial score (nSPS) is 44.3. The Bertz CT molecular complexity index is 343. The van der Waals surface area contributed by atoms with Gasteiger partial charge in [0.15, 0.2) is 0 Å². The summed E-state index contributed by atoms with van der Waals surface area (Å²) in [7, 11) is 0. The molecule has 0 aromatic heterocycles. The lowest BCUT2D eigenvalue weighted by Crippen LogP contribution is -2.37. The summed E-state index contributed by atoms with van der Waals surface area (Å²) in [5, 5.41) is 0. The van der Waals surface area contributed by atoms with Gasteiger partial charge in [-0.25, -0.2) is 4.39 Å². The molecule has 1 aliphatic heterocycles. The van der Waals surface area contributed by atoms with Crippen LogP contribution in [0.2, 0.25) is 0 Å². The molecule has 1 nitrogen and oxygen atoms in total. The van der Waals surface area contributed by atoms with E-state index < -0.39 is 6.17 Å². The molecule has 0 amide bonds. The number of alkyl halides is 1. The second kappa shape index (κ2) is 7.95. The van der Waals surface area contributed by atoms with E-state index in [1.165, 1.54) is 38.5 Å². The zero-order chi connectivity index (χ0) is 15.4. The minimum absolute atomic E-state index is 0.433. The summed E-state index contributed by atoms with van der Waals surface area (Å²) < 4.78 is 19.5. The second-order valence-corrected chi connectivity index (χ2v) is 7.92. The average Bonchev–Trinajstić information content (AvgIpc) is 2.57. The van der Waals surface area contributed by atoms with Crippen molar-refractivity contribution in [1.82, 2.24) is 0 Å². The summed E-state index contributed by atoms with van der Waals surface area (Å²) in [5.74, 6) is 3.15. The molecule has 0 aromatic carbocycles. The molecule has 1 heterocycles. The van der Waals surface area contributed by atoms with Crippen molar-refractivity contribution in [2.24, 2.45) is 23.7 Å². The molecule has 0 spiro atoms. The van der Waals surface area contributed by atoms with E-state index in [1.807, 2.05) is 0 Å². The van der Waals surface area contributed by atoms with Gasteiger partial charge in [0.05, 0.1) is 12.7 Å². The van der Waals surface area contributed by atoms with Crippen LogP contribution in [0.25, 0.3) is 0 Å². The summed E-state index contributed by atoms with van der Waals surface area (Å²) in [6.07, 6.45) is 16.2. The molecule has 22 heavy (non-hydrogen) atoms. The van der Waals surface area contributed by atoms with Crippen molar-refractivity contribution in [1.29, 1.82) is 0 Å². The molecule has 2 unspecified atom stereocenters. The fourth-order valence-corrected chi connectivity index (χ4v) is 5.07. The molecule has 1 saturated heterocycles. The van der Waals surface area contributed by atoms with Crippen molar-refractivity contribution in [3.63, 3.8) is 0 Å². The highest BCUT2D eigenvalue weighted by Crippen LogP contribution is 2.40. The van der Waals surface area contributed by atoms with Crippen molar-refractivity contribution in [2.75, 3.05) is 6.61 Å². The van der Waals surface area contributed by atoms with Gasteiger partial charge in [-0.1, -0.05) is 12.2 Å². The summed E-state index contributed by atoms with van der Waals surface area (Å²) in [5.41, 5.74) is 0. The van der Waals surface area contributed by atoms with Crippen LogP contribution in [0, 0.1) is 23.7 Å². The van der Waals surface area contributed by atoms with Crippen LogP contribution in [-0.4, -0.2) is 18.9 Å². The highest BCUT2D eigenvalue weighted by Gasteiger charge is 2.35. The predicted molar refractivity (Wildman–Crippen MR) is 89.6 cm³/mol. The Morgan fingerprint density at radius 2 is 1.41 bits per heavy atom. The monoisotopic (exact) mass is 308 g/mol. The summed E-state index contributed by atoms with van der Waals surface area (Å²) >= 11 is 0. The van der Waals surface area contributed by atoms with Crippen molar-refractivity contribution in [3.05, 3.63) is 12.2 Å². The quantitative estimate of drug-likeness (QED) is 0.608. The topological polar surface area (TPSA) is 9.23 Å². The Morgan fingerprint density at radius 3 is 2.00 bits per heavy atom. The Balaban J connectivity index is 1.40. The van der Waals surface area contributed by atoms with E-state index in [-0.39, 0.29) is 0 Å². The molecular weight excluding hydrogens is 275 g/mol. The zero-order valence-electron chi connectivity index (χ0n) is 14.2. The van der Waals surface area contributed by atoms with Gasteiger partial charge in [-0.3, -0.25) is 0 Å². The SMILES string of the molecule is C/C=C/C1CCC(C2CCC(C3CCC(F)CC3)OC2)CC1. The van der Waals surface area contributed by atoms with E-state index in [4.69, 9.17) is 4.74 Å². The van der Waals surface area contributed by atoms with Gasteiger partial charge in [0.25, 0.3) is 0 Å². The lowest BCUT2D eigenvalue weighted by molar-refractivity contribution is -0.0741. The highest BCUT2D eigenvalue weighted by atomic mass is 19.1. The molecular formula is C20H33FO. The van der Waals surface area contributed by atoms with Crippen molar-refractivity contribution >= 4 is 0 Å². The fourth-order valence-electron chi connectivity index (χ4n) is 5.07. The lowest BCUT2D eigenvalue weighted by Gasteiger charge is -2.40. The van der Waals surface area contributed by atoms with Crippen LogP contribution in [0.5, 0.6) is 0 Å². The number of ether oxygens (including phenoxy) is 1. The maximum absolute atomic E-state index is 13.3. The highest BCUT2D eigenvalue weighted by molar-refractivity contribution is 4.91. The smallest absolute Gasteiger partial charge is 0.100 e. The van der Waals surface area contributed by atoms with Crippen molar-refractivity contribution < 1.29 is 9.13 Å². The third-order valence-corrected chi connectivity index (χ3v) is 6.52. The van der Waals surface area contributed by atoms with Crippen molar-refractivity contribution in [2.45, 2.75) is 83.4 Å². The summed E-state index contributed by atoms with van der Waals surface area (Å²) in [6.45, 7) is 3.11. The number of rotatable bonds is 3. The van der Waals surface area contributed by atoms with Crippen LogP contribution in [0.15, 0.2) is 12.2 Å². The van der Waals surface area contributed by atoms with Gasteiger partial charge in [0.2, 0.25) is 0 Å². The molecule has 3 rings (SSSR count). The molecule has 3 fully saturated rings. The van der Waals surface area contributed by atoms with Gasteiger partial charge < -0.3 is 4.74 Å². The maximum atomic E-state index is 13.3. The number of allylic oxidation sites excluding steroid dienone is 2. The van der Waals surface area contributed by atoms with E-state index in [0.717, 1.165) is 50.0 Å². The molecule has 126 valence electrons. The molecule has 0 aromatic rings. The Kier molecular flexibility index (Phi) is 5.95. The van der Waals surface area contributed by atoms with Gasteiger partial charge in [-0.15, -0.1) is 0 Å². The van der Waals surface area contributed by atoms with Gasteiger partial charge in [-0.05, 0) is 94.8 Å². The Morgan fingerprint density at radius 1 is 0.773 bits per heavy atom. The van der Waals surface area contributed by atoms with Crippen LogP contribution in [0.4, 0.5) is 4.39 Å². The number of hydrogen-bond donors (Lipinski definition) is 0. The van der Waals surface area contributed by atoms with Crippen LogP contribution in [0.3, 0.4) is 0 Å². The first-order chi connectivity index (χ1) is 10.8. The van der Waals surface area contributed by atoms with E-state index in [9.17, 15) is 4.39 Å². The average molecular weight is 308 g/mol. The Labute approximate surface area is 135 Å². The van der Waals surface area contributed by atoms with E-state index in [0.29, 0.717) is 12.0 Å². The third-order valence-electron chi connectivity index (χ3n) is 6.52. The number of hydrogen-bond acceptors (Lipinski definition) is 1. The lowest BCUT2D eigenvalue weighted by atomic mass is 9.72. The van der Waals surface area contributed by atoms with Crippen LogP contribution < -0.4 is 0 Å². The summed E-state index contributed by atoms with van der Waals surface area (Å²) in [6, 6.07) is 0. The molecule has 0 bridgehead atoms. The molecule has 2 saturated carbocycles. The Hall–Kier alpha value is -0.370. The standard InChI is InChI=1S/C20H33FO/c1-2-3-15-4-6-16(7-5-15)18-10-13-20(22-14-18)17-8-11-19(21)12-9-17/h2-3,15-20H,4-14H2,1H3/b3-2+. The first kappa shape index (κ1) is 16.5. The van der Waals surface area contributed by atoms with E-state index in [1.54, 1.807) is 0 Å². The molecule has 2 heteroatoms. The second-order valence-electron chi connectivity index (χ2n) is 7.92. The van der Waals surface area contributed by atoms with E-state index in [2.05, 4.69) is 19.1 Å². The first-order valence-electron chi connectivity index (χ1n) is 9.64. The fraction of sp³-hybridized carbons (Fsp3) is 0.900. The summed E-state index contributed by atoms with van der Waals surface area (Å²) in [4.78, 5) is 0. The third kappa shape index (κ3) is 4.13. The molecule has 2 atom stereocenters. The minimum Gasteiger partial charge on any atom is -0.378 e. The molecule has 2 aliphatic carbocycles. The van der Waals surface area contributed by atoms with Gasteiger partial charge in [0, 0.05) is 0 Å². The van der Waals surface area contributed by atoms with E-state index >= 15 is 0 Å². The molecule has 3 aliphatic rings. The molecule has 0 N–H and O–H groups in total. The van der Waals surface area contributed by atoms with Crippen LogP contribution >= 0.6 is 0 Å². The number of halogens is 1. The van der Waals surface area contributed by atoms with Crippen LogP contribution in [-0.2, 0) is 4.74 Å². The van der Waals surface area contributed by atoms with Gasteiger partial charge >= 0.3 is 0 Å². The maximum Gasteiger partial charge on any atom is 0.100 e. The zero-order valence-corrected chi connectivity index (χ0v) is 14.2. The van der Waals surface area contributed by atoms with Crippen molar-refractivity contribution in [3.8, 4) is 0 Å². The molecule has 0 radical (unpaired) electrons. The predicted octanol–water partition coefficient (Wildman–Crippen LogP) is 5.69. The first-order valence-corrected chi connectivity index (χ1v) is 9.64. The van der Waals surface area contributed by atoms with Gasteiger partial charge in [-0.2, -0.15) is 0 Å². The largest absolute Gasteiger partial charge is 0.378 e. The minimum atomic E-state index is -0.542. The van der Waals surface area contributed by atoms with Crippen LogP contribution in [0.1, 0.15) is 71.1 Å².